The molecular formula is C23H21N3O3S. The maximum atomic E-state index is 12.9. The van der Waals surface area contributed by atoms with Crippen LogP contribution in [0.2, 0.25) is 0 Å². The highest BCUT2D eigenvalue weighted by molar-refractivity contribution is 7.22. The van der Waals surface area contributed by atoms with Crippen molar-refractivity contribution in [3.05, 3.63) is 82.9 Å². The topological polar surface area (TPSA) is 73.2 Å². The Morgan fingerprint density at radius 3 is 2.60 bits per heavy atom. The van der Waals surface area contributed by atoms with Crippen LogP contribution < -0.4 is 15.6 Å². The van der Waals surface area contributed by atoms with Crippen LogP contribution in [0.25, 0.3) is 20.7 Å². The third kappa shape index (κ3) is 4.11. The smallest absolute Gasteiger partial charge is 0.271 e. The monoisotopic (exact) mass is 419 g/mol. The van der Waals surface area contributed by atoms with Crippen molar-refractivity contribution in [2.45, 2.75) is 19.5 Å². The molecule has 7 heteroatoms. The van der Waals surface area contributed by atoms with Gasteiger partial charge in [0.25, 0.3) is 5.56 Å². The van der Waals surface area contributed by atoms with E-state index in [1.54, 1.807) is 7.11 Å². The highest BCUT2D eigenvalue weighted by atomic mass is 32.1. The van der Waals surface area contributed by atoms with Crippen molar-refractivity contribution in [1.29, 1.82) is 0 Å². The Morgan fingerprint density at radius 2 is 1.90 bits per heavy atom. The molecule has 2 aromatic carbocycles. The Balaban J connectivity index is 1.54. The van der Waals surface area contributed by atoms with Gasteiger partial charge in [0.2, 0.25) is 5.91 Å². The molecule has 0 spiro atoms. The summed E-state index contributed by atoms with van der Waals surface area (Å²) in [7, 11) is 1.62. The Morgan fingerprint density at radius 1 is 1.17 bits per heavy atom. The number of benzene rings is 2. The SMILES string of the molecule is COc1ccc(-c2cc3ncn(CC(=O)N[C@H](C)c4ccccc4)c(=O)c3s2)cc1. The Labute approximate surface area is 177 Å². The summed E-state index contributed by atoms with van der Waals surface area (Å²) >= 11 is 1.37. The molecule has 4 rings (SSSR count). The molecule has 2 heterocycles. The minimum Gasteiger partial charge on any atom is -0.497 e. The molecule has 0 saturated heterocycles. The van der Waals surface area contributed by atoms with Crippen molar-refractivity contribution in [2.75, 3.05) is 7.11 Å². The summed E-state index contributed by atoms with van der Waals surface area (Å²) in [4.78, 5) is 30.7. The summed E-state index contributed by atoms with van der Waals surface area (Å²) in [5, 5.41) is 2.93. The number of hydrogen-bond donors (Lipinski definition) is 1. The van der Waals surface area contributed by atoms with Gasteiger partial charge in [-0.15, -0.1) is 11.3 Å². The number of amides is 1. The van der Waals surface area contributed by atoms with Crippen LogP contribution in [0.1, 0.15) is 18.5 Å². The maximum absolute atomic E-state index is 12.9. The predicted molar refractivity (Wildman–Crippen MR) is 119 cm³/mol. The minimum absolute atomic E-state index is 0.0747. The molecule has 0 aliphatic carbocycles. The van der Waals surface area contributed by atoms with Gasteiger partial charge in [0.1, 0.15) is 17.0 Å². The van der Waals surface area contributed by atoms with Crippen molar-refractivity contribution in [1.82, 2.24) is 14.9 Å². The zero-order valence-corrected chi connectivity index (χ0v) is 17.5. The molecule has 0 radical (unpaired) electrons. The molecule has 1 atom stereocenters. The summed E-state index contributed by atoms with van der Waals surface area (Å²) in [5.74, 6) is 0.539. The van der Waals surface area contributed by atoms with Gasteiger partial charge in [0, 0.05) is 4.88 Å². The molecule has 0 fully saturated rings. The highest BCUT2D eigenvalue weighted by Crippen LogP contribution is 2.31. The van der Waals surface area contributed by atoms with Crippen LogP contribution >= 0.6 is 11.3 Å². The largest absolute Gasteiger partial charge is 0.497 e. The molecule has 4 aromatic rings. The van der Waals surface area contributed by atoms with Crippen LogP contribution in [-0.2, 0) is 11.3 Å². The fourth-order valence-electron chi connectivity index (χ4n) is 3.22. The molecule has 0 unspecified atom stereocenters. The first-order valence-electron chi connectivity index (χ1n) is 9.53. The van der Waals surface area contributed by atoms with Gasteiger partial charge in [-0.25, -0.2) is 4.98 Å². The number of methoxy groups -OCH3 is 1. The lowest BCUT2D eigenvalue weighted by Crippen LogP contribution is -2.33. The van der Waals surface area contributed by atoms with Crippen molar-refractivity contribution in [3.63, 3.8) is 0 Å². The number of ether oxygens (including phenoxy) is 1. The van der Waals surface area contributed by atoms with Crippen LogP contribution in [0.15, 0.2) is 71.8 Å². The summed E-state index contributed by atoms with van der Waals surface area (Å²) in [6, 6.07) is 19.1. The van der Waals surface area contributed by atoms with Crippen molar-refractivity contribution < 1.29 is 9.53 Å². The number of aromatic nitrogens is 2. The number of rotatable bonds is 6. The van der Waals surface area contributed by atoms with Gasteiger partial charge in [-0.1, -0.05) is 30.3 Å². The standard InChI is InChI=1S/C23H21N3O3S/c1-15(16-6-4-3-5-7-16)25-21(27)13-26-14-24-19-12-20(30-22(19)23(26)28)17-8-10-18(29-2)11-9-17/h3-12,14-15H,13H2,1-2H3,(H,25,27)/t15-/m1/s1. The molecule has 0 aliphatic heterocycles. The molecule has 1 N–H and O–H groups in total. The van der Waals surface area contributed by atoms with Crippen molar-refractivity contribution in [3.8, 4) is 16.2 Å². The van der Waals surface area contributed by atoms with Crippen LogP contribution in [0, 0.1) is 0 Å². The van der Waals surface area contributed by atoms with Gasteiger partial charge < -0.3 is 10.1 Å². The van der Waals surface area contributed by atoms with E-state index < -0.39 is 0 Å². The first kappa shape index (κ1) is 19.8. The van der Waals surface area contributed by atoms with E-state index in [0.29, 0.717) is 10.2 Å². The third-order valence-electron chi connectivity index (χ3n) is 4.87. The molecule has 2 aromatic heterocycles. The second kappa shape index (κ2) is 8.51. The molecular weight excluding hydrogens is 398 g/mol. The zero-order valence-electron chi connectivity index (χ0n) is 16.7. The van der Waals surface area contributed by atoms with Crippen molar-refractivity contribution >= 4 is 27.5 Å². The fourth-order valence-corrected chi connectivity index (χ4v) is 4.29. The zero-order chi connectivity index (χ0) is 21.1. The predicted octanol–water partition coefficient (Wildman–Crippen LogP) is 4.01. The van der Waals surface area contributed by atoms with Gasteiger partial charge in [-0.2, -0.15) is 0 Å². The number of carbonyl (C=O) groups is 1. The van der Waals surface area contributed by atoms with Crippen molar-refractivity contribution in [2.24, 2.45) is 0 Å². The van der Waals surface area contributed by atoms with Gasteiger partial charge in [-0.05, 0) is 48.4 Å². The van der Waals surface area contributed by atoms with Crippen LogP contribution in [-0.4, -0.2) is 22.6 Å². The molecule has 30 heavy (non-hydrogen) atoms. The number of nitrogens with zero attached hydrogens (tertiary/aromatic N) is 2. The Hall–Kier alpha value is -3.45. The van der Waals surface area contributed by atoms with Crippen LogP contribution in [0.3, 0.4) is 0 Å². The van der Waals surface area contributed by atoms with E-state index in [1.807, 2.05) is 67.6 Å². The van der Waals surface area contributed by atoms with Gasteiger partial charge >= 0.3 is 0 Å². The van der Waals surface area contributed by atoms with E-state index in [2.05, 4.69) is 10.3 Å². The highest BCUT2D eigenvalue weighted by Gasteiger charge is 2.14. The lowest BCUT2D eigenvalue weighted by molar-refractivity contribution is -0.122. The average Bonchev–Trinajstić information content (AvgIpc) is 3.21. The second-order valence-corrected chi connectivity index (χ2v) is 7.98. The quantitative estimate of drug-likeness (QED) is 0.512. The van der Waals surface area contributed by atoms with Gasteiger partial charge in [0.05, 0.1) is 25.0 Å². The second-order valence-electron chi connectivity index (χ2n) is 6.93. The van der Waals surface area contributed by atoms with Crippen LogP contribution in [0.4, 0.5) is 0 Å². The number of hydrogen-bond acceptors (Lipinski definition) is 5. The third-order valence-corrected chi connectivity index (χ3v) is 6.03. The Kier molecular flexibility index (Phi) is 5.63. The average molecular weight is 420 g/mol. The fraction of sp³-hybridized carbons (Fsp3) is 0.174. The molecule has 6 nitrogen and oxygen atoms in total. The summed E-state index contributed by atoms with van der Waals surface area (Å²) < 4.78 is 7.08. The first-order chi connectivity index (χ1) is 14.5. The summed E-state index contributed by atoms with van der Waals surface area (Å²) in [6.45, 7) is 1.84. The number of nitrogens with one attached hydrogen (secondary N) is 1. The molecule has 0 saturated carbocycles. The number of fused-ring (bicyclic) bond motifs is 1. The molecule has 0 bridgehead atoms. The van der Waals surface area contributed by atoms with E-state index in [1.165, 1.54) is 22.2 Å². The lowest BCUT2D eigenvalue weighted by atomic mass is 10.1. The molecule has 1 amide bonds. The van der Waals surface area contributed by atoms with Crippen LogP contribution in [0.5, 0.6) is 5.75 Å². The number of thiophene rings is 1. The van der Waals surface area contributed by atoms with E-state index in [-0.39, 0.29) is 24.1 Å². The van der Waals surface area contributed by atoms with Gasteiger partial charge in [0.15, 0.2) is 0 Å². The van der Waals surface area contributed by atoms with Gasteiger partial charge in [-0.3, -0.25) is 14.2 Å². The minimum atomic E-state index is -0.235. The van der Waals surface area contributed by atoms with E-state index in [0.717, 1.165) is 21.8 Å². The Bertz CT molecular complexity index is 1230. The maximum Gasteiger partial charge on any atom is 0.271 e. The van der Waals surface area contributed by atoms with E-state index in [4.69, 9.17) is 4.74 Å². The summed E-state index contributed by atoms with van der Waals surface area (Å²) in [5.41, 5.74) is 2.41. The molecule has 152 valence electrons. The van der Waals surface area contributed by atoms with E-state index >= 15 is 0 Å². The molecule has 0 aliphatic rings. The first-order valence-corrected chi connectivity index (χ1v) is 10.3. The lowest BCUT2D eigenvalue weighted by Gasteiger charge is -2.14. The van der Waals surface area contributed by atoms with E-state index in [9.17, 15) is 9.59 Å². The summed E-state index contributed by atoms with van der Waals surface area (Å²) in [6.07, 6.45) is 1.43. The normalized spacial score (nSPS) is 11.9. The number of carbonyl (C=O) groups excluding carboxylic acids is 1.